The number of nitrogen functional groups attached to an aromatic ring is 1. The molecule has 0 bridgehead atoms. The molecule has 27 heavy (non-hydrogen) atoms. The molecule has 144 valence electrons. The summed E-state index contributed by atoms with van der Waals surface area (Å²) in [5, 5.41) is 11.1. The number of ether oxygens (including phenoxy) is 1. The summed E-state index contributed by atoms with van der Waals surface area (Å²) in [5.74, 6) is 0.413. The zero-order chi connectivity index (χ0) is 19.3. The van der Waals surface area contributed by atoms with E-state index in [1.54, 1.807) is 0 Å². The molecule has 2 aliphatic heterocycles. The highest BCUT2D eigenvalue weighted by molar-refractivity contribution is 7.99. The van der Waals surface area contributed by atoms with Crippen molar-refractivity contribution >= 4 is 44.3 Å². The number of aliphatic hydroxyl groups excluding tert-OH is 1. The molecule has 2 aliphatic rings. The minimum absolute atomic E-state index is 0.0486. The van der Waals surface area contributed by atoms with E-state index in [9.17, 15) is 14.8 Å². The number of hydrogen-bond donors (Lipinski definition) is 5. The van der Waals surface area contributed by atoms with Crippen LogP contribution in [0.15, 0.2) is 9.95 Å². The van der Waals surface area contributed by atoms with Crippen LogP contribution < -0.4 is 17.0 Å². The molecule has 0 aromatic carbocycles. The number of hydrogen-bond acceptors (Lipinski definition) is 11. The molecular formula is C12H17BN6O6PS+. The first-order valence-electron chi connectivity index (χ1n) is 7.98. The van der Waals surface area contributed by atoms with E-state index >= 15 is 0 Å². The van der Waals surface area contributed by atoms with Gasteiger partial charge in [-0.2, -0.15) is 14.0 Å². The predicted molar refractivity (Wildman–Crippen MR) is 98.0 cm³/mol. The first-order valence-corrected chi connectivity index (χ1v) is 10.6. The van der Waals surface area contributed by atoms with E-state index in [2.05, 4.69) is 15.0 Å². The first-order chi connectivity index (χ1) is 12.8. The Morgan fingerprint density at radius 3 is 3.00 bits per heavy atom. The Morgan fingerprint density at radius 2 is 2.26 bits per heavy atom. The summed E-state index contributed by atoms with van der Waals surface area (Å²) in [5.41, 5.74) is 10.9. The van der Waals surface area contributed by atoms with E-state index < -0.39 is 37.9 Å². The molecule has 0 saturated carbocycles. The van der Waals surface area contributed by atoms with Crippen molar-refractivity contribution in [2.24, 2.45) is 5.73 Å². The van der Waals surface area contributed by atoms with Gasteiger partial charge in [-0.15, -0.1) is 0 Å². The lowest BCUT2D eigenvalue weighted by Crippen LogP contribution is -2.40. The number of nitrogens with one attached hydrogen (secondary N) is 1. The Kier molecular flexibility index (Phi) is 4.93. The van der Waals surface area contributed by atoms with Crippen molar-refractivity contribution in [1.82, 2.24) is 19.5 Å². The van der Waals surface area contributed by atoms with Crippen LogP contribution in [0.1, 0.15) is 6.23 Å². The van der Waals surface area contributed by atoms with Gasteiger partial charge in [0.25, 0.3) is 5.56 Å². The van der Waals surface area contributed by atoms with Crippen LogP contribution >= 0.6 is 19.6 Å². The summed E-state index contributed by atoms with van der Waals surface area (Å²) in [7, 11) is 2.01. The summed E-state index contributed by atoms with van der Waals surface area (Å²) in [6.07, 6.45) is -3.79. The summed E-state index contributed by atoms with van der Waals surface area (Å²) in [4.78, 5) is 32.8. The lowest BCUT2D eigenvalue weighted by Gasteiger charge is -2.27. The minimum atomic E-state index is -3.52. The maximum Gasteiger partial charge on any atom is 0.488 e. The summed E-state index contributed by atoms with van der Waals surface area (Å²) in [6.45, 7) is 0.327. The molecule has 7 N–H and O–H groups in total. The molecule has 0 aliphatic carbocycles. The van der Waals surface area contributed by atoms with Crippen LogP contribution in [0.3, 0.4) is 0 Å². The van der Waals surface area contributed by atoms with Crippen LogP contribution in [0.4, 0.5) is 5.95 Å². The largest absolute Gasteiger partial charge is 0.488 e. The molecule has 2 fully saturated rings. The highest BCUT2D eigenvalue weighted by atomic mass is 32.2. The topological polar surface area (TPSA) is 184 Å². The first kappa shape index (κ1) is 19.1. The van der Waals surface area contributed by atoms with E-state index in [1.165, 1.54) is 16.3 Å². The van der Waals surface area contributed by atoms with Crippen LogP contribution in [-0.4, -0.2) is 74.3 Å². The van der Waals surface area contributed by atoms with E-state index in [4.69, 9.17) is 32.8 Å². The van der Waals surface area contributed by atoms with Crippen molar-refractivity contribution in [2.75, 3.05) is 24.6 Å². The predicted octanol–water partition coefficient (Wildman–Crippen LogP) is -1.74. The van der Waals surface area contributed by atoms with Gasteiger partial charge >= 0.3 is 15.4 Å². The van der Waals surface area contributed by atoms with Gasteiger partial charge < -0.3 is 21.3 Å². The summed E-state index contributed by atoms with van der Waals surface area (Å²) < 4.78 is 17.7. The van der Waals surface area contributed by atoms with Gasteiger partial charge in [0.15, 0.2) is 28.7 Å². The highest BCUT2D eigenvalue weighted by Gasteiger charge is 2.57. The quantitative estimate of drug-likeness (QED) is 0.217. The van der Waals surface area contributed by atoms with E-state index in [0.29, 0.717) is 17.5 Å². The maximum atomic E-state index is 12.2. The van der Waals surface area contributed by atoms with Gasteiger partial charge in [0, 0.05) is 12.3 Å². The molecule has 2 aromatic heterocycles. The Labute approximate surface area is 158 Å². The smallest absolute Gasteiger partial charge is 0.385 e. The number of anilines is 1. The minimum Gasteiger partial charge on any atom is -0.385 e. The second kappa shape index (κ2) is 6.97. The molecule has 5 atom stereocenters. The van der Waals surface area contributed by atoms with Crippen LogP contribution in [-0.2, 0) is 13.8 Å². The van der Waals surface area contributed by atoms with Crippen LogP contribution in [0.5, 0.6) is 0 Å². The number of H-pyrrole nitrogens is 1. The fraction of sp³-hybridized carbons (Fsp3) is 0.583. The number of fused-ring (bicyclic) bond motifs is 2. The number of imidazole rings is 1. The number of aromatic amines is 1. The van der Waals surface area contributed by atoms with Crippen LogP contribution in [0.25, 0.3) is 11.2 Å². The van der Waals surface area contributed by atoms with E-state index in [0.717, 1.165) is 0 Å². The molecule has 4 rings (SSSR count). The summed E-state index contributed by atoms with van der Waals surface area (Å²) in [6, 6.07) is 0. The van der Waals surface area contributed by atoms with Gasteiger partial charge in [0.2, 0.25) is 5.95 Å². The normalized spacial score (nSPS) is 33.4. The standard InChI is InChI=1S/C12H17BN6O6PS/c13-26(22)23-3-4-7(25-26)6(20)10(24-4)19-8-5(9(21)18-11(15)17-8)16-12(19)27-2-1-14/h4,6-7,10,20,22H,1-3,14H2,(H3,15,17,18,21)/q+1/t4-,6?,7-,10-,26?/m1/s1. The number of rotatable bonds is 4. The lowest BCUT2D eigenvalue weighted by molar-refractivity contribution is -0.0628. The van der Waals surface area contributed by atoms with Gasteiger partial charge in [0.1, 0.15) is 18.8 Å². The molecule has 2 unspecified atom stereocenters. The number of aromatic nitrogens is 4. The van der Waals surface area contributed by atoms with Crippen molar-refractivity contribution in [3.05, 3.63) is 10.4 Å². The number of aliphatic hydroxyl groups is 1. The van der Waals surface area contributed by atoms with Crippen molar-refractivity contribution in [1.29, 1.82) is 0 Å². The van der Waals surface area contributed by atoms with Crippen molar-refractivity contribution < 1.29 is 23.8 Å². The molecule has 0 spiro atoms. The second-order valence-electron chi connectivity index (χ2n) is 6.01. The molecule has 4 heterocycles. The third-order valence-corrected chi connectivity index (χ3v) is 6.20. The Balaban J connectivity index is 1.79. The SMILES string of the molecule is [B][P+]1(O)OC[C@H]2O[C@@H](n3c(SCCN)nc4c(=O)[nH]c(N)nc43)C(O)[C@@H]2O1. The van der Waals surface area contributed by atoms with Gasteiger partial charge in [-0.1, -0.05) is 11.8 Å². The van der Waals surface area contributed by atoms with Crippen LogP contribution in [0.2, 0.25) is 0 Å². The molecular weight excluding hydrogens is 398 g/mol. The van der Waals surface area contributed by atoms with Gasteiger partial charge in [-0.3, -0.25) is 14.3 Å². The molecule has 2 aromatic rings. The molecule has 2 radical (unpaired) electrons. The van der Waals surface area contributed by atoms with E-state index in [-0.39, 0.29) is 23.7 Å². The maximum absolute atomic E-state index is 12.2. The summed E-state index contributed by atoms with van der Waals surface area (Å²) >= 11 is 1.27. The Morgan fingerprint density at radius 1 is 1.48 bits per heavy atom. The molecule has 0 amide bonds. The lowest BCUT2D eigenvalue weighted by atomic mass is 10.1. The van der Waals surface area contributed by atoms with Crippen LogP contribution in [0, 0.1) is 0 Å². The highest BCUT2D eigenvalue weighted by Crippen LogP contribution is 2.58. The zero-order valence-corrected chi connectivity index (χ0v) is 15.6. The number of nitrogens with two attached hydrogens (primary N) is 2. The third kappa shape index (κ3) is 3.36. The van der Waals surface area contributed by atoms with Gasteiger partial charge in [0.05, 0.1) is 0 Å². The molecule has 12 nitrogen and oxygen atoms in total. The number of thioether (sulfide) groups is 1. The monoisotopic (exact) mass is 415 g/mol. The molecule has 2 saturated heterocycles. The zero-order valence-electron chi connectivity index (χ0n) is 13.9. The average molecular weight is 415 g/mol. The van der Waals surface area contributed by atoms with Gasteiger partial charge in [-0.05, 0) is 0 Å². The number of nitrogens with zero attached hydrogens (tertiary/aromatic N) is 3. The fourth-order valence-corrected chi connectivity index (χ4v) is 4.86. The second-order valence-corrected chi connectivity index (χ2v) is 8.67. The average Bonchev–Trinajstić information content (AvgIpc) is 3.10. The van der Waals surface area contributed by atoms with Gasteiger partial charge in [-0.25, -0.2) is 9.88 Å². The van der Waals surface area contributed by atoms with Crippen molar-refractivity contribution in [3.8, 4) is 0 Å². The Hall–Kier alpha value is -1.25. The third-order valence-electron chi connectivity index (χ3n) is 4.15. The fourth-order valence-electron chi connectivity index (χ4n) is 3.04. The van der Waals surface area contributed by atoms with Crippen molar-refractivity contribution in [3.63, 3.8) is 0 Å². The molecule has 15 heteroatoms. The van der Waals surface area contributed by atoms with Crippen molar-refractivity contribution in [2.45, 2.75) is 29.7 Å². The van der Waals surface area contributed by atoms with E-state index in [1.807, 2.05) is 0 Å². The Bertz CT molecular complexity index is 926.